The maximum atomic E-state index is 11.0. The first kappa shape index (κ1) is 39.0. The lowest BCUT2D eigenvalue weighted by Gasteiger charge is -2.49. The van der Waals surface area contributed by atoms with Crippen LogP contribution in [-0.2, 0) is 33.2 Å². The third-order valence-electron chi connectivity index (χ3n) is 8.92. The Morgan fingerprint density at radius 3 is 1.09 bits per heavy atom. The summed E-state index contributed by atoms with van der Waals surface area (Å²) in [6.07, 6.45) is -32.8. The molecule has 0 saturated carbocycles. The summed E-state index contributed by atoms with van der Waals surface area (Å²) in [5, 5.41) is 134. The predicted octanol–water partition coefficient (Wildman–Crippen LogP) is -8.04. The molecule has 0 aromatic carbocycles. The number of rotatable bonds is 11. The van der Waals surface area contributed by atoms with Crippen molar-refractivity contribution in [3.05, 3.63) is 0 Å². The molecule has 0 aromatic heterocycles. The van der Waals surface area contributed by atoms with Gasteiger partial charge in [-0.15, -0.1) is 0 Å². The van der Waals surface area contributed by atoms with Gasteiger partial charge in [0, 0.05) is 0 Å². The minimum Gasteiger partial charge on any atom is -0.394 e. The molecule has 0 aromatic rings. The normalized spacial score (nSPS) is 51.3. The molecular weight excluding hydrogens is 644 g/mol. The van der Waals surface area contributed by atoms with E-state index >= 15 is 0 Å². The van der Waals surface area contributed by atoms with Gasteiger partial charge in [-0.25, -0.2) is 0 Å². The lowest BCUT2D eigenvalue weighted by atomic mass is 9.89. The zero-order chi connectivity index (χ0) is 34.9. The second-order valence-electron chi connectivity index (χ2n) is 12.5. The Labute approximate surface area is 268 Å². The SMILES string of the molecule is CC(C)[C@H]1OC(CO)[C@H](O[C@@H]2OC(CO)[C@@H](O[C@@H]3OC(CO)[C@H](O[C@@H]4OC(CO)[C@@H](O)[C@@H](O)C4O)[C@@H](O)C3O)[C@@H](O)C2O)[C@@H](O)C1O. The molecule has 4 saturated heterocycles. The minimum absolute atomic E-state index is 0.249. The van der Waals surface area contributed by atoms with Crippen LogP contribution in [0, 0.1) is 5.92 Å². The van der Waals surface area contributed by atoms with E-state index in [1.165, 1.54) is 0 Å². The quantitative estimate of drug-likeness (QED) is 0.0956. The predicted molar refractivity (Wildman–Crippen MR) is 147 cm³/mol. The Hall–Kier alpha value is -0.800. The van der Waals surface area contributed by atoms with E-state index in [2.05, 4.69) is 0 Å². The van der Waals surface area contributed by atoms with Gasteiger partial charge in [0.2, 0.25) is 0 Å². The van der Waals surface area contributed by atoms with E-state index in [9.17, 15) is 66.4 Å². The summed E-state index contributed by atoms with van der Waals surface area (Å²) in [5.74, 6) is -0.249. The summed E-state index contributed by atoms with van der Waals surface area (Å²) in [7, 11) is 0. The summed E-state index contributed by atoms with van der Waals surface area (Å²) < 4.78 is 38.9. The summed E-state index contributed by atoms with van der Waals surface area (Å²) >= 11 is 0. The van der Waals surface area contributed by atoms with Crippen molar-refractivity contribution in [2.24, 2.45) is 5.92 Å². The van der Waals surface area contributed by atoms with Gasteiger partial charge in [-0.2, -0.15) is 0 Å². The second-order valence-corrected chi connectivity index (χ2v) is 12.5. The van der Waals surface area contributed by atoms with E-state index in [0.29, 0.717) is 0 Å². The third-order valence-corrected chi connectivity index (χ3v) is 8.92. The zero-order valence-corrected chi connectivity index (χ0v) is 25.6. The van der Waals surface area contributed by atoms with Crippen molar-refractivity contribution in [2.45, 2.75) is 136 Å². The van der Waals surface area contributed by atoms with Crippen LogP contribution in [-0.4, -0.2) is 215 Å². The Morgan fingerprint density at radius 2 is 0.723 bits per heavy atom. The minimum atomic E-state index is -2.00. The lowest BCUT2D eigenvalue weighted by Crippen LogP contribution is -2.67. The van der Waals surface area contributed by atoms with Gasteiger partial charge < -0.3 is 99.5 Å². The smallest absolute Gasteiger partial charge is 0.187 e. The molecule has 8 unspecified atom stereocenters. The molecule has 47 heavy (non-hydrogen) atoms. The molecule has 4 aliphatic rings. The average molecular weight is 693 g/mol. The molecule has 0 spiro atoms. The van der Waals surface area contributed by atoms with Gasteiger partial charge in [0.25, 0.3) is 0 Å². The van der Waals surface area contributed by atoms with E-state index in [-0.39, 0.29) is 5.92 Å². The van der Waals surface area contributed by atoms with Crippen molar-refractivity contribution in [2.75, 3.05) is 26.4 Å². The monoisotopic (exact) mass is 692 g/mol. The molecule has 0 bridgehead atoms. The lowest BCUT2D eigenvalue weighted by molar-refractivity contribution is -0.385. The highest BCUT2D eigenvalue weighted by Crippen LogP contribution is 2.34. The highest BCUT2D eigenvalue weighted by atomic mass is 16.8. The van der Waals surface area contributed by atoms with Gasteiger partial charge in [0.15, 0.2) is 18.9 Å². The van der Waals surface area contributed by atoms with Crippen molar-refractivity contribution in [1.82, 2.24) is 0 Å². The average Bonchev–Trinajstić information content (AvgIpc) is 3.05. The third kappa shape index (κ3) is 7.92. The van der Waals surface area contributed by atoms with Crippen LogP contribution in [0.2, 0.25) is 0 Å². The van der Waals surface area contributed by atoms with E-state index < -0.39 is 149 Å². The molecule has 0 amide bonds. The van der Waals surface area contributed by atoms with Gasteiger partial charge in [-0.05, 0) is 5.92 Å². The van der Waals surface area contributed by atoms with Crippen LogP contribution < -0.4 is 0 Å². The van der Waals surface area contributed by atoms with E-state index in [0.717, 1.165) is 0 Å². The van der Waals surface area contributed by atoms with Gasteiger partial charge in [-0.1, -0.05) is 13.8 Å². The maximum absolute atomic E-state index is 11.0. The summed E-state index contributed by atoms with van der Waals surface area (Å²) in [6.45, 7) is 0.299. The van der Waals surface area contributed by atoms with Crippen molar-refractivity contribution in [3.8, 4) is 0 Å². The topological polar surface area (TPSA) is 328 Å². The van der Waals surface area contributed by atoms with Crippen LogP contribution in [0.4, 0.5) is 0 Å². The van der Waals surface area contributed by atoms with E-state index in [1.807, 2.05) is 0 Å². The first-order valence-electron chi connectivity index (χ1n) is 15.3. The Bertz CT molecular complexity index is 955. The number of ether oxygens (including phenoxy) is 7. The van der Waals surface area contributed by atoms with Crippen molar-refractivity contribution >= 4 is 0 Å². The van der Waals surface area contributed by atoms with Crippen LogP contribution in [0.15, 0.2) is 0 Å². The molecular formula is C27H48O20. The summed E-state index contributed by atoms with van der Waals surface area (Å²) in [5.41, 5.74) is 0. The number of aliphatic hydroxyl groups excluding tert-OH is 13. The summed E-state index contributed by atoms with van der Waals surface area (Å²) in [4.78, 5) is 0. The molecule has 4 aliphatic heterocycles. The van der Waals surface area contributed by atoms with Crippen LogP contribution in [0.25, 0.3) is 0 Å². The molecule has 20 atom stereocenters. The van der Waals surface area contributed by atoms with Gasteiger partial charge in [0.1, 0.15) is 97.7 Å². The van der Waals surface area contributed by atoms with Gasteiger partial charge in [-0.3, -0.25) is 0 Å². The maximum Gasteiger partial charge on any atom is 0.187 e. The fraction of sp³-hybridized carbons (Fsp3) is 1.00. The molecule has 4 rings (SSSR count). The second kappa shape index (κ2) is 16.5. The van der Waals surface area contributed by atoms with Crippen molar-refractivity contribution < 1.29 is 99.5 Å². The van der Waals surface area contributed by atoms with Gasteiger partial charge in [0.05, 0.1) is 32.5 Å². The molecule has 20 nitrogen and oxygen atoms in total. The summed E-state index contributed by atoms with van der Waals surface area (Å²) in [6, 6.07) is 0. The van der Waals surface area contributed by atoms with Gasteiger partial charge >= 0.3 is 0 Å². The molecule has 20 heteroatoms. The molecule has 276 valence electrons. The Kier molecular flexibility index (Phi) is 13.7. The fourth-order valence-corrected chi connectivity index (χ4v) is 6.15. The van der Waals surface area contributed by atoms with Crippen LogP contribution >= 0.6 is 0 Å². The van der Waals surface area contributed by atoms with Crippen molar-refractivity contribution in [1.29, 1.82) is 0 Å². The van der Waals surface area contributed by atoms with E-state index in [4.69, 9.17) is 33.2 Å². The van der Waals surface area contributed by atoms with Crippen LogP contribution in [0.5, 0.6) is 0 Å². The first-order chi connectivity index (χ1) is 22.2. The van der Waals surface area contributed by atoms with Crippen LogP contribution in [0.1, 0.15) is 13.8 Å². The molecule has 0 radical (unpaired) electrons. The Morgan fingerprint density at radius 1 is 0.404 bits per heavy atom. The number of hydrogen-bond acceptors (Lipinski definition) is 20. The zero-order valence-electron chi connectivity index (χ0n) is 25.6. The Balaban J connectivity index is 1.43. The standard InChI is InChI=1S/C27H48O20/c1-7(2)21-14(34)15(35)22(9(4-29)41-21)45-26-19(39)17(37)24(11(6-31)43-26)47-27-20(40)16(36)23(10(5-30)44-27)46-25-18(38)13(33)12(32)8(3-28)42-25/h7-40H,3-6H2,1-2H3/t8?,9?,10?,11?,12-,13-,14?,15+,16+,17+,18?,19?,20?,21-,22+,23+,24-,25+,26+,27+/m1/s1. The molecule has 4 heterocycles. The molecule has 13 N–H and O–H groups in total. The highest BCUT2D eigenvalue weighted by Gasteiger charge is 2.55. The number of aliphatic hydroxyl groups is 13. The fourth-order valence-electron chi connectivity index (χ4n) is 6.15. The first-order valence-corrected chi connectivity index (χ1v) is 15.3. The molecule has 0 aliphatic carbocycles. The highest BCUT2D eigenvalue weighted by molar-refractivity contribution is 4.98. The van der Waals surface area contributed by atoms with Crippen LogP contribution in [0.3, 0.4) is 0 Å². The van der Waals surface area contributed by atoms with E-state index in [1.54, 1.807) is 13.8 Å². The largest absolute Gasteiger partial charge is 0.394 e. The van der Waals surface area contributed by atoms with Crippen molar-refractivity contribution in [3.63, 3.8) is 0 Å². The number of hydrogen-bond donors (Lipinski definition) is 13. The molecule has 4 fully saturated rings.